The molecule has 0 aliphatic carbocycles. The Morgan fingerprint density at radius 2 is 2.06 bits per heavy atom. The molecule has 2 aromatic rings. The van der Waals surface area contributed by atoms with E-state index < -0.39 is 0 Å². The van der Waals surface area contributed by atoms with Crippen LogP contribution < -0.4 is 5.32 Å². The lowest BCUT2D eigenvalue weighted by molar-refractivity contribution is 0.759. The summed E-state index contributed by atoms with van der Waals surface area (Å²) in [4.78, 5) is 0. The molecule has 0 spiro atoms. The smallest absolute Gasteiger partial charge is 0.148 e. The number of aromatic nitrogens is 2. The summed E-state index contributed by atoms with van der Waals surface area (Å²) < 4.78 is 3.94. The maximum absolute atomic E-state index is 4.30. The summed E-state index contributed by atoms with van der Waals surface area (Å²) in [7, 11) is 1.91. The van der Waals surface area contributed by atoms with E-state index in [1.165, 1.54) is 5.56 Å². The summed E-state index contributed by atoms with van der Waals surface area (Å²) in [5, 5.41) is 7.67. The Kier molecular flexibility index (Phi) is 3.89. The average Bonchev–Trinajstić information content (AvgIpc) is 2.63. The third-order valence-electron chi connectivity index (χ3n) is 2.51. The topological polar surface area (TPSA) is 29.9 Å². The van der Waals surface area contributed by atoms with Crippen LogP contribution in [0.3, 0.4) is 0 Å². The van der Waals surface area contributed by atoms with Crippen molar-refractivity contribution in [3.05, 3.63) is 45.0 Å². The van der Waals surface area contributed by atoms with Gasteiger partial charge < -0.3 is 5.32 Å². The van der Waals surface area contributed by atoms with Crippen LogP contribution in [0.25, 0.3) is 0 Å². The van der Waals surface area contributed by atoms with E-state index in [9.17, 15) is 0 Å². The molecule has 0 saturated heterocycles. The predicted octanol–water partition coefficient (Wildman–Crippen LogP) is 4.12. The largest absolute Gasteiger partial charge is 0.362 e. The van der Waals surface area contributed by atoms with Crippen molar-refractivity contribution in [2.75, 3.05) is 5.32 Å². The van der Waals surface area contributed by atoms with Crippen molar-refractivity contribution in [1.29, 1.82) is 0 Å². The van der Waals surface area contributed by atoms with Gasteiger partial charge in [-0.3, -0.25) is 4.68 Å². The minimum absolute atomic E-state index is 0.201. The third-order valence-corrected chi connectivity index (χ3v) is 3.69. The van der Waals surface area contributed by atoms with Gasteiger partial charge in [-0.05, 0) is 24.6 Å². The Morgan fingerprint density at radius 1 is 1.29 bits per heavy atom. The first kappa shape index (κ1) is 12.6. The molecule has 1 aromatic heterocycles. The molecular formula is C12H13Br2N3. The molecule has 0 aliphatic heterocycles. The molecule has 1 heterocycles. The van der Waals surface area contributed by atoms with E-state index in [0.29, 0.717) is 0 Å². The molecule has 0 saturated carbocycles. The Balaban J connectivity index is 2.17. The van der Waals surface area contributed by atoms with Gasteiger partial charge in [0.25, 0.3) is 0 Å². The first-order valence-electron chi connectivity index (χ1n) is 5.27. The number of aryl methyl sites for hydroxylation is 1. The van der Waals surface area contributed by atoms with Crippen LogP contribution in [-0.2, 0) is 7.05 Å². The van der Waals surface area contributed by atoms with Crippen molar-refractivity contribution in [2.24, 2.45) is 7.05 Å². The molecule has 0 fully saturated rings. The molecule has 0 bridgehead atoms. The van der Waals surface area contributed by atoms with E-state index in [0.717, 1.165) is 14.8 Å². The van der Waals surface area contributed by atoms with Crippen molar-refractivity contribution >= 4 is 37.7 Å². The van der Waals surface area contributed by atoms with Gasteiger partial charge >= 0.3 is 0 Å². The molecule has 3 nitrogen and oxygen atoms in total. The van der Waals surface area contributed by atoms with Crippen LogP contribution >= 0.6 is 31.9 Å². The maximum Gasteiger partial charge on any atom is 0.148 e. The van der Waals surface area contributed by atoms with Crippen LogP contribution in [0.5, 0.6) is 0 Å². The van der Waals surface area contributed by atoms with Gasteiger partial charge in [-0.15, -0.1) is 0 Å². The van der Waals surface area contributed by atoms with Gasteiger partial charge in [0, 0.05) is 28.3 Å². The molecule has 1 aromatic carbocycles. The van der Waals surface area contributed by atoms with Crippen molar-refractivity contribution < 1.29 is 0 Å². The van der Waals surface area contributed by atoms with Gasteiger partial charge in [-0.1, -0.05) is 37.9 Å². The zero-order valence-corrected chi connectivity index (χ0v) is 12.8. The van der Waals surface area contributed by atoms with Gasteiger partial charge in [-0.25, -0.2) is 0 Å². The first-order chi connectivity index (χ1) is 8.06. The first-order valence-corrected chi connectivity index (χ1v) is 6.86. The van der Waals surface area contributed by atoms with E-state index in [1.807, 2.05) is 31.4 Å². The zero-order valence-electron chi connectivity index (χ0n) is 9.61. The van der Waals surface area contributed by atoms with Gasteiger partial charge in [-0.2, -0.15) is 5.10 Å². The lowest BCUT2D eigenvalue weighted by Crippen LogP contribution is -2.08. The maximum atomic E-state index is 4.30. The summed E-state index contributed by atoms with van der Waals surface area (Å²) in [6, 6.07) is 8.34. The molecule has 1 unspecified atom stereocenters. The fourth-order valence-corrected chi connectivity index (χ4v) is 3.03. The number of nitrogens with one attached hydrogen (secondary N) is 1. The SMILES string of the molecule is CC(Nc1ccn(C)n1)c1ccc(Br)cc1Br. The van der Waals surface area contributed by atoms with Crippen LogP contribution in [0.15, 0.2) is 39.4 Å². The predicted molar refractivity (Wildman–Crippen MR) is 77.1 cm³/mol. The number of hydrogen-bond acceptors (Lipinski definition) is 2. The molecule has 1 N–H and O–H groups in total. The molecular weight excluding hydrogens is 346 g/mol. The Bertz CT molecular complexity index is 522. The van der Waals surface area contributed by atoms with Crippen LogP contribution in [0.4, 0.5) is 5.82 Å². The second-order valence-corrected chi connectivity index (χ2v) is 5.68. The highest BCUT2D eigenvalue weighted by Gasteiger charge is 2.10. The van der Waals surface area contributed by atoms with Crippen LogP contribution in [-0.4, -0.2) is 9.78 Å². The van der Waals surface area contributed by atoms with E-state index in [1.54, 1.807) is 4.68 Å². The van der Waals surface area contributed by atoms with E-state index >= 15 is 0 Å². The molecule has 0 radical (unpaired) electrons. The van der Waals surface area contributed by atoms with Crippen molar-refractivity contribution in [3.63, 3.8) is 0 Å². The summed E-state index contributed by atoms with van der Waals surface area (Å²) >= 11 is 7.02. The minimum atomic E-state index is 0.201. The normalized spacial score (nSPS) is 12.5. The monoisotopic (exact) mass is 357 g/mol. The van der Waals surface area contributed by atoms with Gasteiger partial charge in [0.05, 0.1) is 6.04 Å². The number of nitrogens with zero attached hydrogens (tertiary/aromatic N) is 2. The summed E-state index contributed by atoms with van der Waals surface area (Å²) in [6.07, 6.45) is 1.92. The van der Waals surface area contributed by atoms with Crippen LogP contribution in [0.2, 0.25) is 0 Å². The average molecular weight is 359 g/mol. The van der Waals surface area contributed by atoms with E-state index in [2.05, 4.69) is 55.3 Å². The fraction of sp³-hybridized carbons (Fsp3) is 0.250. The summed E-state index contributed by atoms with van der Waals surface area (Å²) in [6.45, 7) is 2.11. The minimum Gasteiger partial charge on any atom is -0.362 e. The molecule has 2 rings (SSSR count). The fourth-order valence-electron chi connectivity index (χ4n) is 1.64. The van der Waals surface area contributed by atoms with Crippen molar-refractivity contribution in [2.45, 2.75) is 13.0 Å². The highest BCUT2D eigenvalue weighted by atomic mass is 79.9. The van der Waals surface area contributed by atoms with Gasteiger partial charge in [0.15, 0.2) is 0 Å². The number of rotatable bonds is 3. The molecule has 0 amide bonds. The molecule has 5 heteroatoms. The van der Waals surface area contributed by atoms with Gasteiger partial charge in [0.2, 0.25) is 0 Å². The number of anilines is 1. The highest BCUT2D eigenvalue weighted by molar-refractivity contribution is 9.11. The quantitative estimate of drug-likeness (QED) is 0.894. The van der Waals surface area contributed by atoms with E-state index in [4.69, 9.17) is 0 Å². The van der Waals surface area contributed by atoms with E-state index in [-0.39, 0.29) is 6.04 Å². The Morgan fingerprint density at radius 3 is 2.65 bits per heavy atom. The lowest BCUT2D eigenvalue weighted by Gasteiger charge is -2.15. The number of hydrogen-bond donors (Lipinski definition) is 1. The van der Waals surface area contributed by atoms with Crippen LogP contribution in [0.1, 0.15) is 18.5 Å². The Hall–Kier alpha value is -0.810. The second-order valence-electron chi connectivity index (χ2n) is 3.91. The molecule has 0 aliphatic rings. The molecule has 17 heavy (non-hydrogen) atoms. The number of benzene rings is 1. The van der Waals surface area contributed by atoms with Gasteiger partial charge in [0.1, 0.15) is 5.82 Å². The second kappa shape index (κ2) is 5.23. The van der Waals surface area contributed by atoms with Crippen molar-refractivity contribution in [1.82, 2.24) is 9.78 Å². The standard InChI is InChI=1S/C12H13Br2N3/c1-8(15-12-5-6-17(2)16-12)10-4-3-9(13)7-11(10)14/h3-8H,1-2H3,(H,15,16). The zero-order chi connectivity index (χ0) is 12.4. The third kappa shape index (κ3) is 3.10. The van der Waals surface area contributed by atoms with Crippen molar-refractivity contribution in [3.8, 4) is 0 Å². The number of halogens is 2. The highest BCUT2D eigenvalue weighted by Crippen LogP contribution is 2.28. The summed E-state index contributed by atoms with van der Waals surface area (Å²) in [5.41, 5.74) is 1.21. The molecule has 90 valence electrons. The van der Waals surface area contributed by atoms with Crippen LogP contribution in [0, 0.1) is 0 Å². The lowest BCUT2D eigenvalue weighted by atomic mass is 10.1. The Labute approximate surface area is 117 Å². The molecule has 1 atom stereocenters. The summed E-state index contributed by atoms with van der Waals surface area (Å²) in [5.74, 6) is 0.884.